The number of hydrogen-bond acceptors (Lipinski definition) is 14. The molecule has 0 amide bonds. The maximum atomic E-state index is 15.6. The van der Waals surface area contributed by atoms with Crippen LogP contribution in [0, 0.1) is 0 Å². The number of hydrogen-bond donors (Lipinski definition) is 0. The molecule has 0 saturated heterocycles. The minimum absolute atomic E-state index is 0.0291. The predicted molar refractivity (Wildman–Crippen MR) is 292 cm³/mol. The van der Waals surface area contributed by atoms with Crippen LogP contribution in [0.25, 0.3) is 0 Å². The van der Waals surface area contributed by atoms with Gasteiger partial charge in [0.25, 0.3) is 0 Å². The average Bonchev–Trinajstić information content (AvgIpc) is 3.51. The van der Waals surface area contributed by atoms with E-state index >= 15 is 9.13 Å². The lowest BCUT2D eigenvalue weighted by Crippen LogP contribution is -2.24. The van der Waals surface area contributed by atoms with Crippen LogP contribution in [0.2, 0.25) is 0 Å². The largest absolute Gasteiger partial charge is 0.493 e. The number of ether oxygens (including phenoxy) is 3. The molecule has 1 aliphatic carbocycles. The topological polar surface area (TPSA) is 167 Å². The quantitative estimate of drug-likeness (QED) is 0.0197. The van der Waals surface area contributed by atoms with E-state index in [-0.39, 0.29) is 84.7 Å². The van der Waals surface area contributed by atoms with Gasteiger partial charge >= 0.3 is 27.1 Å². The van der Waals surface area contributed by atoms with Crippen LogP contribution in [-0.2, 0) is 69.8 Å². The second kappa shape index (κ2) is 27.4. The Bertz CT molecular complexity index is 2960. The van der Waals surface area contributed by atoms with Crippen LogP contribution in [0.5, 0.6) is 11.5 Å². The Hall–Kier alpha value is -6.73. The van der Waals surface area contributed by atoms with E-state index in [1.54, 1.807) is 24.3 Å². The van der Waals surface area contributed by atoms with Crippen LogP contribution in [0.3, 0.4) is 0 Å². The third-order valence-corrected chi connectivity index (χ3v) is 19.3. The number of carbonyl (C=O) groups excluding carboxylic acids is 4. The second-order valence-electron chi connectivity index (χ2n) is 17.8. The van der Waals surface area contributed by atoms with Crippen LogP contribution in [0.1, 0.15) is 103 Å². The predicted octanol–water partition coefficient (Wildman–Crippen LogP) is 14.0. The van der Waals surface area contributed by atoms with Crippen molar-refractivity contribution < 1.29 is 60.6 Å². The van der Waals surface area contributed by atoms with E-state index in [1.807, 2.05) is 140 Å². The zero-order valence-corrected chi connectivity index (χ0v) is 44.6. The first kappa shape index (κ1) is 55.5. The van der Waals surface area contributed by atoms with E-state index in [9.17, 15) is 19.2 Å². The summed E-state index contributed by atoms with van der Waals surface area (Å²) < 4.78 is 73.5. The second-order valence-corrected chi connectivity index (χ2v) is 23.8. The molecule has 16 heteroatoms. The Morgan fingerprint density at radius 3 is 1.41 bits per heavy atom. The first-order valence-electron chi connectivity index (χ1n) is 24.9. The summed E-state index contributed by atoms with van der Waals surface area (Å²) in [5.41, 5.74) is 3.62. The van der Waals surface area contributed by atoms with E-state index in [2.05, 4.69) is 0 Å². The van der Waals surface area contributed by atoms with Crippen molar-refractivity contribution in [3.05, 3.63) is 238 Å². The van der Waals surface area contributed by atoms with Crippen molar-refractivity contribution in [1.29, 1.82) is 0 Å². The van der Waals surface area contributed by atoms with Crippen molar-refractivity contribution in [2.45, 2.75) is 71.0 Å². The van der Waals surface area contributed by atoms with Gasteiger partial charge in [0.2, 0.25) is 5.78 Å². The molecular formula is C60H58O13P2S. The van der Waals surface area contributed by atoms with E-state index in [4.69, 9.17) is 32.3 Å². The normalized spacial score (nSPS) is 12.2. The molecular weight excluding hydrogens is 1020 g/mol. The SMILES string of the molecule is CC(=O)Oc1cc(C(=O)OCc2ccccc2)cc2c1C(=O)c1c(OCCCCCCSCC(P(=O)(OCc3ccccc3)OCc3ccccc3)P(=O)(OCc3ccccc3)OCc3ccccc3)cccc1C2=O. The molecule has 8 rings (SSSR count). The Kier molecular flexibility index (Phi) is 20.0. The molecule has 0 bridgehead atoms. The molecule has 1 aliphatic rings. The van der Waals surface area contributed by atoms with Gasteiger partial charge in [-0.25, -0.2) is 4.79 Å². The number of unbranched alkanes of at least 4 members (excludes halogenated alkanes) is 3. The number of benzene rings is 7. The van der Waals surface area contributed by atoms with Gasteiger partial charge in [0, 0.05) is 23.8 Å². The highest BCUT2D eigenvalue weighted by molar-refractivity contribution is 8.00. The van der Waals surface area contributed by atoms with Gasteiger partial charge in [0.1, 0.15) is 18.1 Å². The average molecular weight is 1080 g/mol. The molecule has 0 unspecified atom stereocenters. The molecule has 76 heavy (non-hydrogen) atoms. The van der Waals surface area contributed by atoms with Crippen LogP contribution >= 0.6 is 27.0 Å². The Balaban J connectivity index is 0.928. The van der Waals surface area contributed by atoms with Crippen LogP contribution in [-0.4, -0.2) is 47.0 Å². The molecule has 0 radical (unpaired) electrons. The van der Waals surface area contributed by atoms with Crippen LogP contribution < -0.4 is 9.47 Å². The molecule has 0 fully saturated rings. The van der Waals surface area contributed by atoms with Crippen LogP contribution in [0.15, 0.2) is 182 Å². The minimum atomic E-state index is -4.32. The molecule has 0 heterocycles. The monoisotopic (exact) mass is 1080 g/mol. The summed E-state index contributed by atoms with van der Waals surface area (Å²) in [4.78, 5) is 53.8. The Morgan fingerprint density at radius 1 is 0.487 bits per heavy atom. The molecule has 0 saturated carbocycles. The van der Waals surface area contributed by atoms with Crippen molar-refractivity contribution in [2.75, 3.05) is 18.1 Å². The maximum absolute atomic E-state index is 15.6. The summed E-state index contributed by atoms with van der Waals surface area (Å²) >= 11 is 1.46. The van der Waals surface area contributed by atoms with Crippen molar-refractivity contribution in [3.8, 4) is 11.5 Å². The van der Waals surface area contributed by atoms with E-state index in [0.717, 1.165) is 54.0 Å². The molecule has 0 N–H and O–H groups in total. The smallest absolute Gasteiger partial charge is 0.347 e. The Labute approximate surface area is 447 Å². The highest BCUT2D eigenvalue weighted by atomic mass is 32.2. The van der Waals surface area contributed by atoms with Gasteiger partial charge in [-0.05, 0) is 64.6 Å². The zero-order chi connectivity index (χ0) is 53.2. The zero-order valence-electron chi connectivity index (χ0n) is 42.0. The number of ketones is 2. The lowest BCUT2D eigenvalue weighted by Gasteiger charge is -2.32. The van der Waals surface area contributed by atoms with Gasteiger partial charge < -0.3 is 32.3 Å². The van der Waals surface area contributed by atoms with Crippen molar-refractivity contribution in [1.82, 2.24) is 0 Å². The van der Waals surface area contributed by atoms with Gasteiger partial charge in [-0.1, -0.05) is 177 Å². The molecule has 392 valence electrons. The van der Waals surface area contributed by atoms with Gasteiger partial charge in [-0.3, -0.25) is 23.5 Å². The highest BCUT2D eigenvalue weighted by Crippen LogP contribution is 2.72. The fourth-order valence-electron chi connectivity index (χ4n) is 8.29. The summed E-state index contributed by atoms with van der Waals surface area (Å²) in [5, 5.41) is -1.31. The van der Waals surface area contributed by atoms with Crippen molar-refractivity contribution in [3.63, 3.8) is 0 Å². The minimum Gasteiger partial charge on any atom is -0.493 e. The molecule has 7 aromatic rings. The lowest BCUT2D eigenvalue weighted by molar-refractivity contribution is -0.131. The summed E-state index contributed by atoms with van der Waals surface area (Å²) in [6, 6.07) is 53.6. The summed E-state index contributed by atoms with van der Waals surface area (Å²) in [6.45, 7) is 1.09. The van der Waals surface area contributed by atoms with Gasteiger partial charge in [0.15, 0.2) is 11.2 Å². The molecule has 0 aromatic heterocycles. The number of carbonyl (C=O) groups is 4. The first-order valence-corrected chi connectivity index (χ1v) is 29.3. The first-order chi connectivity index (χ1) is 37.0. The summed E-state index contributed by atoms with van der Waals surface area (Å²) in [7, 11) is -8.65. The maximum Gasteiger partial charge on any atom is 0.347 e. The fourth-order valence-corrected chi connectivity index (χ4v) is 15.5. The fraction of sp³-hybridized carbons (Fsp3) is 0.233. The number of thioether (sulfide) groups is 1. The van der Waals surface area contributed by atoms with Crippen LogP contribution in [0.4, 0.5) is 0 Å². The summed E-state index contributed by atoms with van der Waals surface area (Å²) in [6.07, 6.45) is 2.86. The molecule has 0 spiro atoms. The Morgan fingerprint density at radius 2 is 0.934 bits per heavy atom. The van der Waals surface area contributed by atoms with E-state index in [1.165, 1.54) is 30.0 Å². The third-order valence-electron chi connectivity index (χ3n) is 12.2. The lowest BCUT2D eigenvalue weighted by atomic mass is 9.82. The molecule has 7 aromatic carbocycles. The van der Waals surface area contributed by atoms with Gasteiger partial charge in [-0.2, -0.15) is 11.8 Å². The standard InChI is InChI=1S/C60H58O13P2S/c1-44(61)73-54-37-50(60(64)68-38-45-22-9-4-10-23-45)36-52-57(54)59(63)56-51(58(52)62)32-21-33-53(56)67-34-19-2-3-20-35-76-43-55(74(65,69-39-46-24-11-5-12-25-46)70-40-47-26-13-6-14-27-47)75(66,71-41-48-28-15-7-16-29-48)72-42-49-30-17-8-18-31-49/h4-18,21-33,36-37,55H,2-3,19-20,34-35,38-43H2,1H3. The third kappa shape index (κ3) is 15.0. The van der Waals surface area contributed by atoms with Gasteiger partial charge in [0.05, 0.1) is 49.7 Å². The number of fused-ring (bicyclic) bond motifs is 2. The molecule has 13 nitrogen and oxygen atoms in total. The summed E-state index contributed by atoms with van der Waals surface area (Å²) in [5.74, 6) is -1.99. The molecule has 0 aliphatic heterocycles. The van der Waals surface area contributed by atoms with E-state index < -0.39 is 44.1 Å². The molecule has 0 atom stereocenters. The van der Waals surface area contributed by atoms with Crippen molar-refractivity contribution in [2.24, 2.45) is 0 Å². The van der Waals surface area contributed by atoms with E-state index in [0.29, 0.717) is 12.2 Å². The number of esters is 2. The van der Waals surface area contributed by atoms with Crippen molar-refractivity contribution >= 4 is 50.5 Å². The highest BCUT2D eigenvalue weighted by Gasteiger charge is 2.51. The van der Waals surface area contributed by atoms with Gasteiger partial charge in [-0.15, -0.1) is 0 Å². The number of rotatable bonds is 28.